The summed E-state index contributed by atoms with van der Waals surface area (Å²) in [6, 6.07) is 12.3. The quantitative estimate of drug-likeness (QED) is 0.821. The minimum Gasteiger partial charge on any atom is -0.486 e. The normalized spacial score (nSPS) is 14.0. The first kappa shape index (κ1) is 16.6. The van der Waals surface area contributed by atoms with Crippen LogP contribution in [0.3, 0.4) is 0 Å². The van der Waals surface area contributed by atoms with Gasteiger partial charge in [-0.3, -0.25) is 0 Å². The lowest BCUT2D eigenvalue weighted by Crippen LogP contribution is -2.31. The van der Waals surface area contributed by atoms with Crippen molar-refractivity contribution in [1.29, 1.82) is 0 Å². The topological polar surface area (TPSA) is 42.5 Å². The molecule has 24 heavy (non-hydrogen) atoms. The molecule has 5 heteroatoms. The van der Waals surface area contributed by atoms with Crippen LogP contribution in [-0.4, -0.2) is 18.3 Å². The van der Waals surface area contributed by atoms with E-state index < -0.39 is 0 Å². The summed E-state index contributed by atoms with van der Waals surface area (Å²) in [5.74, 6) is 1.59. The molecule has 0 amide bonds. The maximum absolute atomic E-state index is 5.64. The van der Waals surface area contributed by atoms with Crippen LogP contribution in [0, 0.1) is 13.8 Å². The van der Waals surface area contributed by atoms with Crippen molar-refractivity contribution in [1.82, 2.24) is 5.32 Å². The van der Waals surface area contributed by atoms with Crippen LogP contribution in [0.2, 0.25) is 0 Å². The molecule has 2 N–H and O–H groups in total. The Morgan fingerprint density at radius 3 is 2.58 bits per heavy atom. The minimum absolute atomic E-state index is 0.0611. The van der Waals surface area contributed by atoms with Crippen molar-refractivity contribution in [3.05, 3.63) is 53.1 Å². The molecule has 2 aromatic carbocycles. The molecule has 0 saturated carbocycles. The van der Waals surface area contributed by atoms with E-state index in [1.54, 1.807) is 0 Å². The van der Waals surface area contributed by atoms with Crippen LogP contribution in [0.15, 0.2) is 36.4 Å². The fourth-order valence-electron chi connectivity index (χ4n) is 2.64. The summed E-state index contributed by atoms with van der Waals surface area (Å²) < 4.78 is 11.2. The van der Waals surface area contributed by atoms with Gasteiger partial charge in [-0.1, -0.05) is 18.2 Å². The molecule has 1 aliphatic heterocycles. The molecule has 0 bridgehead atoms. The van der Waals surface area contributed by atoms with Crippen molar-refractivity contribution in [3.8, 4) is 11.5 Å². The lowest BCUT2D eigenvalue weighted by Gasteiger charge is -2.22. The number of benzene rings is 2. The highest BCUT2D eigenvalue weighted by atomic mass is 32.1. The third kappa shape index (κ3) is 3.79. The van der Waals surface area contributed by atoms with E-state index in [-0.39, 0.29) is 6.04 Å². The summed E-state index contributed by atoms with van der Waals surface area (Å²) in [6.07, 6.45) is 0. The number of fused-ring (bicyclic) bond motifs is 1. The first-order valence-corrected chi connectivity index (χ1v) is 8.48. The highest BCUT2D eigenvalue weighted by Crippen LogP contribution is 2.32. The summed E-state index contributed by atoms with van der Waals surface area (Å²) in [5.41, 5.74) is 4.49. The molecular formula is C19H22N2O2S. The van der Waals surface area contributed by atoms with Crippen LogP contribution in [0.5, 0.6) is 11.5 Å². The van der Waals surface area contributed by atoms with Crippen molar-refractivity contribution >= 4 is 23.0 Å². The third-order valence-electron chi connectivity index (χ3n) is 4.06. The Morgan fingerprint density at radius 1 is 1.04 bits per heavy atom. The molecular weight excluding hydrogens is 320 g/mol. The van der Waals surface area contributed by atoms with Gasteiger partial charge in [-0.05, 0) is 67.9 Å². The Labute approximate surface area is 148 Å². The molecule has 0 spiro atoms. The van der Waals surface area contributed by atoms with Crippen molar-refractivity contribution < 1.29 is 9.47 Å². The van der Waals surface area contributed by atoms with Gasteiger partial charge in [0.05, 0.1) is 6.04 Å². The van der Waals surface area contributed by atoms with E-state index in [0.717, 1.165) is 28.3 Å². The molecule has 4 nitrogen and oxygen atoms in total. The van der Waals surface area contributed by atoms with Gasteiger partial charge in [-0.2, -0.15) is 0 Å². The lowest BCUT2D eigenvalue weighted by molar-refractivity contribution is 0.171. The smallest absolute Gasteiger partial charge is 0.171 e. The lowest BCUT2D eigenvalue weighted by atomic mass is 10.1. The van der Waals surface area contributed by atoms with Gasteiger partial charge in [-0.25, -0.2) is 0 Å². The average Bonchev–Trinajstić information content (AvgIpc) is 2.57. The van der Waals surface area contributed by atoms with E-state index in [1.807, 2.05) is 18.2 Å². The zero-order chi connectivity index (χ0) is 17.1. The Hall–Kier alpha value is -2.27. The van der Waals surface area contributed by atoms with E-state index in [1.165, 1.54) is 5.56 Å². The second kappa shape index (κ2) is 7.09. The Morgan fingerprint density at radius 2 is 1.79 bits per heavy atom. The summed E-state index contributed by atoms with van der Waals surface area (Å²) in [7, 11) is 0. The van der Waals surface area contributed by atoms with Gasteiger partial charge in [0.1, 0.15) is 13.2 Å². The average molecular weight is 342 g/mol. The first-order valence-electron chi connectivity index (χ1n) is 8.07. The number of aryl methyl sites for hydroxylation is 2. The number of hydrogen-bond acceptors (Lipinski definition) is 3. The molecule has 0 radical (unpaired) electrons. The highest BCUT2D eigenvalue weighted by molar-refractivity contribution is 7.80. The largest absolute Gasteiger partial charge is 0.486 e. The van der Waals surface area contributed by atoms with Gasteiger partial charge in [-0.15, -0.1) is 0 Å². The first-order chi connectivity index (χ1) is 11.5. The third-order valence-corrected chi connectivity index (χ3v) is 4.28. The molecule has 1 heterocycles. The van der Waals surface area contributed by atoms with E-state index >= 15 is 0 Å². The monoisotopic (exact) mass is 342 g/mol. The zero-order valence-electron chi connectivity index (χ0n) is 14.2. The molecule has 126 valence electrons. The molecule has 1 atom stereocenters. The SMILES string of the molecule is Cc1ccc(C)c(NC(=S)N[C@H](C)c2ccc3c(c2)OCCO3)c1. The number of hydrogen-bond donors (Lipinski definition) is 2. The van der Waals surface area contributed by atoms with Crippen LogP contribution < -0.4 is 20.1 Å². The maximum atomic E-state index is 5.64. The predicted octanol–water partition coefficient (Wildman–Crippen LogP) is 4.12. The second-order valence-corrected chi connectivity index (χ2v) is 6.45. The Kier molecular flexibility index (Phi) is 4.90. The van der Waals surface area contributed by atoms with Crippen LogP contribution in [0.4, 0.5) is 5.69 Å². The van der Waals surface area contributed by atoms with Gasteiger partial charge in [0.15, 0.2) is 16.6 Å². The zero-order valence-corrected chi connectivity index (χ0v) is 15.0. The van der Waals surface area contributed by atoms with Crippen LogP contribution in [0.25, 0.3) is 0 Å². The summed E-state index contributed by atoms with van der Waals surface area (Å²) in [5, 5.41) is 7.20. The maximum Gasteiger partial charge on any atom is 0.171 e. The van der Waals surface area contributed by atoms with Gasteiger partial charge >= 0.3 is 0 Å². The molecule has 1 aliphatic rings. The number of ether oxygens (including phenoxy) is 2. The number of thiocarbonyl (C=S) groups is 1. The number of rotatable bonds is 3. The van der Waals surface area contributed by atoms with Gasteiger partial charge in [0.25, 0.3) is 0 Å². The van der Waals surface area contributed by atoms with Crippen molar-refractivity contribution in [3.63, 3.8) is 0 Å². The summed E-state index contributed by atoms with van der Waals surface area (Å²) in [6.45, 7) is 7.39. The number of anilines is 1. The standard InChI is InChI=1S/C19H22N2O2S/c1-12-4-5-13(2)16(10-12)21-19(24)20-14(3)15-6-7-17-18(11-15)23-9-8-22-17/h4-7,10-11,14H,8-9H2,1-3H3,(H2,20,21,24)/t14-/m1/s1. The van der Waals surface area contributed by atoms with Crippen molar-refractivity contribution in [2.45, 2.75) is 26.8 Å². The molecule has 0 saturated heterocycles. The Bertz CT molecular complexity index is 761. The molecule has 0 aromatic heterocycles. The molecule has 0 aliphatic carbocycles. The molecule has 0 fully saturated rings. The van der Waals surface area contributed by atoms with Crippen molar-refractivity contribution in [2.75, 3.05) is 18.5 Å². The fraction of sp³-hybridized carbons (Fsp3) is 0.316. The number of nitrogens with one attached hydrogen (secondary N) is 2. The van der Waals surface area contributed by atoms with E-state index in [4.69, 9.17) is 21.7 Å². The van der Waals surface area contributed by atoms with E-state index in [0.29, 0.717) is 18.3 Å². The molecule has 2 aromatic rings. The fourth-order valence-corrected chi connectivity index (χ4v) is 2.92. The van der Waals surface area contributed by atoms with Gasteiger partial charge in [0, 0.05) is 5.69 Å². The van der Waals surface area contributed by atoms with Crippen LogP contribution >= 0.6 is 12.2 Å². The Balaban J connectivity index is 1.66. The van der Waals surface area contributed by atoms with E-state index in [9.17, 15) is 0 Å². The molecule has 0 unspecified atom stereocenters. The van der Waals surface area contributed by atoms with Gasteiger partial charge < -0.3 is 20.1 Å². The van der Waals surface area contributed by atoms with Crippen LogP contribution in [0.1, 0.15) is 29.7 Å². The minimum atomic E-state index is 0.0611. The summed E-state index contributed by atoms with van der Waals surface area (Å²) >= 11 is 5.46. The molecule has 3 rings (SSSR count). The van der Waals surface area contributed by atoms with Crippen molar-refractivity contribution in [2.24, 2.45) is 0 Å². The van der Waals surface area contributed by atoms with Gasteiger partial charge in [0.2, 0.25) is 0 Å². The van der Waals surface area contributed by atoms with E-state index in [2.05, 4.69) is 49.6 Å². The predicted molar refractivity (Wildman–Crippen MR) is 101 cm³/mol. The summed E-state index contributed by atoms with van der Waals surface area (Å²) in [4.78, 5) is 0. The second-order valence-electron chi connectivity index (χ2n) is 6.04. The highest BCUT2D eigenvalue weighted by Gasteiger charge is 2.15. The van der Waals surface area contributed by atoms with Crippen LogP contribution in [-0.2, 0) is 0 Å².